The van der Waals surface area contributed by atoms with Crippen molar-refractivity contribution in [2.24, 2.45) is 0 Å². The zero-order chi connectivity index (χ0) is 12.5. The quantitative estimate of drug-likeness (QED) is 0.804. The molecule has 2 rings (SSSR count). The Bertz CT molecular complexity index is 514. The SMILES string of the molecule is COC(=O)c1cc(S(=O)(=O)N2CCCC2)c[nH]1. The maximum absolute atomic E-state index is 12.1. The largest absolute Gasteiger partial charge is 0.464 e. The van der Waals surface area contributed by atoms with Crippen LogP contribution in [0.4, 0.5) is 0 Å². The number of sulfonamides is 1. The molecule has 6 nitrogen and oxygen atoms in total. The number of nitrogens with one attached hydrogen (secondary N) is 1. The number of carbonyl (C=O) groups is 1. The van der Waals surface area contributed by atoms with Gasteiger partial charge in [-0.1, -0.05) is 0 Å². The number of carbonyl (C=O) groups excluding carboxylic acids is 1. The lowest BCUT2D eigenvalue weighted by molar-refractivity contribution is 0.0595. The van der Waals surface area contributed by atoms with Crippen LogP contribution >= 0.6 is 0 Å². The van der Waals surface area contributed by atoms with E-state index in [1.165, 1.54) is 23.7 Å². The van der Waals surface area contributed by atoms with Gasteiger partial charge in [-0.05, 0) is 18.9 Å². The van der Waals surface area contributed by atoms with Crippen molar-refractivity contribution in [1.29, 1.82) is 0 Å². The van der Waals surface area contributed by atoms with Gasteiger partial charge in [-0.15, -0.1) is 0 Å². The van der Waals surface area contributed by atoms with Crippen LogP contribution in [0.5, 0.6) is 0 Å². The van der Waals surface area contributed by atoms with Crippen LogP contribution < -0.4 is 0 Å². The summed E-state index contributed by atoms with van der Waals surface area (Å²) in [4.78, 5) is 13.9. The van der Waals surface area contributed by atoms with E-state index in [9.17, 15) is 13.2 Å². The van der Waals surface area contributed by atoms with Crippen LogP contribution in [0.3, 0.4) is 0 Å². The summed E-state index contributed by atoms with van der Waals surface area (Å²) in [6.45, 7) is 1.09. The third kappa shape index (κ3) is 2.20. The molecular formula is C10H14N2O4S. The molecule has 94 valence electrons. The van der Waals surface area contributed by atoms with Crippen molar-refractivity contribution >= 4 is 16.0 Å². The minimum Gasteiger partial charge on any atom is -0.464 e. The third-order valence-corrected chi connectivity index (χ3v) is 4.64. The lowest BCUT2D eigenvalue weighted by Gasteiger charge is -2.13. The molecule has 1 aromatic rings. The first-order valence-corrected chi connectivity index (χ1v) is 6.76. The molecule has 0 unspecified atom stereocenters. The molecule has 1 aliphatic heterocycles. The van der Waals surface area contributed by atoms with Crippen molar-refractivity contribution in [3.05, 3.63) is 18.0 Å². The number of aromatic amines is 1. The van der Waals surface area contributed by atoms with E-state index in [1.807, 2.05) is 0 Å². The number of methoxy groups -OCH3 is 1. The maximum atomic E-state index is 12.1. The van der Waals surface area contributed by atoms with Gasteiger partial charge in [0.25, 0.3) is 0 Å². The average molecular weight is 258 g/mol. The molecule has 0 amide bonds. The number of aromatic nitrogens is 1. The van der Waals surface area contributed by atoms with Crippen LogP contribution in [0.25, 0.3) is 0 Å². The van der Waals surface area contributed by atoms with Crippen molar-refractivity contribution in [3.8, 4) is 0 Å². The first-order chi connectivity index (χ1) is 8.05. The van der Waals surface area contributed by atoms with E-state index in [0.717, 1.165) is 12.8 Å². The lowest BCUT2D eigenvalue weighted by atomic mass is 10.4. The molecule has 0 bridgehead atoms. The average Bonchev–Trinajstić information content (AvgIpc) is 2.98. The van der Waals surface area contributed by atoms with E-state index in [4.69, 9.17) is 0 Å². The fourth-order valence-electron chi connectivity index (χ4n) is 1.83. The first kappa shape index (κ1) is 12.1. The number of hydrogen-bond donors (Lipinski definition) is 1. The predicted molar refractivity (Wildman–Crippen MR) is 60.1 cm³/mol. The fraction of sp³-hybridized carbons (Fsp3) is 0.500. The van der Waals surface area contributed by atoms with E-state index in [1.54, 1.807) is 0 Å². The minimum absolute atomic E-state index is 0.111. The highest BCUT2D eigenvalue weighted by molar-refractivity contribution is 7.89. The summed E-state index contributed by atoms with van der Waals surface area (Å²) >= 11 is 0. The van der Waals surface area contributed by atoms with Crippen molar-refractivity contribution in [3.63, 3.8) is 0 Å². The Morgan fingerprint density at radius 3 is 2.65 bits per heavy atom. The summed E-state index contributed by atoms with van der Waals surface area (Å²) in [5.41, 5.74) is 0.144. The van der Waals surface area contributed by atoms with Gasteiger partial charge in [0.05, 0.1) is 7.11 Å². The smallest absolute Gasteiger partial charge is 0.354 e. The fourth-order valence-corrected chi connectivity index (χ4v) is 3.34. The Balaban J connectivity index is 2.27. The van der Waals surface area contributed by atoms with Crippen LogP contribution in [-0.2, 0) is 14.8 Å². The molecule has 1 fully saturated rings. The Kier molecular flexibility index (Phi) is 3.21. The molecule has 0 aliphatic carbocycles. The second kappa shape index (κ2) is 4.50. The molecular weight excluding hydrogens is 244 g/mol. The van der Waals surface area contributed by atoms with Crippen LogP contribution in [0, 0.1) is 0 Å². The molecule has 2 heterocycles. The minimum atomic E-state index is -3.47. The number of hydrogen-bond acceptors (Lipinski definition) is 4. The van der Waals surface area contributed by atoms with Gasteiger partial charge in [-0.25, -0.2) is 13.2 Å². The van der Waals surface area contributed by atoms with Crippen LogP contribution in [0.2, 0.25) is 0 Å². The van der Waals surface area contributed by atoms with Gasteiger partial charge in [0.15, 0.2) is 0 Å². The Morgan fingerprint density at radius 2 is 2.06 bits per heavy atom. The highest BCUT2D eigenvalue weighted by Crippen LogP contribution is 2.21. The second-order valence-electron chi connectivity index (χ2n) is 3.85. The summed E-state index contributed by atoms with van der Waals surface area (Å²) in [7, 11) is -2.22. The highest BCUT2D eigenvalue weighted by atomic mass is 32.2. The maximum Gasteiger partial charge on any atom is 0.354 e. The van der Waals surface area contributed by atoms with Crippen LogP contribution in [-0.4, -0.2) is 43.9 Å². The van der Waals surface area contributed by atoms with E-state index < -0.39 is 16.0 Å². The molecule has 17 heavy (non-hydrogen) atoms. The second-order valence-corrected chi connectivity index (χ2v) is 5.79. The molecule has 7 heteroatoms. The number of H-pyrrole nitrogens is 1. The third-order valence-electron chi connectivity index (χ3n) is 2.76. The summed E-state index contributed by atoms with van der Waals surface area (Å²) in [6, 6.07) is 1.31. The number of esters is 1. The topological polar surface area (TPSA) is 79.5 Å². The Labute approximate surface area is 99.6 Å². The van der Waals surface area contributed by atoms with Gasteiger partial charge in [-0.3, -0.25) is 0 Å². The normalized spacial score (nSPS) is 17.2. The Morgan fingerprint density at radius 1 is 1.41 bits per heavy atom. The van der Waals surface area contributed by atoms with Crippen LogP contribution in [0.15, 0.2) is 17.2 Å². The van der Waals surface area contributed by atoms with Crippen LogP contribution in [0.1, 0.15) is 23.3 Å². The van der Waals surface area contributed by atoms with E-state index >= 15 is 0 Å². The summed E-state index contributed by atoms with van der Waals surface area (Å²) in [5.74, 6) is -0.576. The van der Waals surface area contributed by atoms with Crippen molar-refractivity contribution < 1.29 is 17.9 Å². The lowest BCUT2D eigenvalue weighted by Crippen LogP contribution is -2.27. The van der Waals surface area contributed by atoms with E-state index in [2.05, 4.69) is 9.72 Å². The molecule has 1 saturated heterocycles. The first-order valence-electron chi connectivity index (χ1n) is 5.32. The molecule has 0 spiro atoms. The molecule has 1 N–H and O–H groups in total. The van der Waals surface area contributed by atoms with Gasteiger partial charge >= 0.3 is 5.97 Å². The van der Waals surface area contributed by atoms with Crippen molar-refractivity contribution in [2.75, 3.05) is 20.2 Å². The van der Waals surface area contributed by atoms with Gasteiger partial charge in [0.2, 0.25) is 10.0 Å². The molecule has 0 atom stereocenters. The van der Waals surface area contributed by atoms with E-state index in [-0.39, 0.29) is 10.6 Å². The predicted octanol–water partition coefficient (Wildman–Crippen LogP) is 0.586. The number of rotatable bonds is 3. The monoisotopic (exact) mass is 258 g/mol. The van der Waals surface area contributed by atoms with E-state index in [0.29, 0.717) is 13.1 Å². The van der Waals surface area contributed by atoms with Crippen molar-refractivity contribution in [1.82, 2.24) is 9.29 Å². The highest BCUT2D eigenvalue weighted by Gasteiger charge is 2.28. The van der Waals surface area contributed by atoms with Gasteiger partial charge < -0.3 is 9.72 Å². The molecule has 0 radical (unpaired) electrons. The standard InChI is InChI=1S/C10H14N2O4S/c1-16-10(13)9-6-8(7-11-9)17(14,15)12-4-2-3-5-12/h6-7,11H,2-5H2,1H3. The summed E-state index contributed by atoms with van der Waals surface area (Å²) in [5, 5.41) is 0. The molecule has 0 aromatic carbocycles. The molecule has 0 saturated carbocycles. The van der Waals surface area contributed by atoms with Crippen molar-refractivity contribution in [2.45, 2.75) is 17.7 Å². The van der Waals surface area contributed by atoms with Gasteiger partial charge in [0.1, 0.15) is 10.6 Å². The summed E-state index contributed by atoms with van der Waals surface area (Å²) in [6.07, 6.45) is 3.08. The summed E-state index contributed by atoms with van der Waals surface area (Å²) < 4.78 is 30.2. The Hall–Kier alpha value is -1.34. The zero-order valence-corrected chi connectivity index (χ0v) is 10.3. The van der Waals surface area contributed by atoms with Gasteiger partial charge in [0, 0.05) is 19.3 Å². The zero-order valence-electron chi connectivity index (χ0n) is 9.47. The molecule has 1 aromatic heterocycles. The number of ether oxygens (including phenoxy) is 1. The number of nitrogens with zero attached hydrogens (tertiary/aromatic N) is 1. The molecule has 1 aliphatic rings. The van der Waals surface area contributed by atoms with Gasteiger partial charge in [-0.2, -0.15) is 4.31 Å².